The summed E-state index contributed by atoms with van der Waals surface area (Å²) in [7, 11) is 0. The van der Waals surface area contributed by atoms with Gasteiger partial charge in [0.1, 0.15) is 11.6 Å². The number of carbonyl (C=O) groups is 2. The Bertz CT molecular complexity index is 1300. The van der Waals surface area contributed by atoms with E-state index in [1.54, 1.807) is 6.07 Å². The number of benzene rings is 2. The summed E-state index contributed by atoms with van der Waals surface area (Å²) in [5.74, 6) is -1.48. The summed E-state index contributed by atoms with van der Waals surface area (Å²) < 4.78 is 34.2. The highest BCUT2D eigenvalue weighted by atomic mass is 35.5. The summed E-state index contributed by atoms with van der Waals surface area (Å²) in [6.07, 6.45) is 0.206. The van der Waals surface area contributed by atoms with E-state index in [9.17, 15) is 14.0 Å². The molecule has 2 N–H and O–H groups in total. The van der Waals surface area contributed by atoms with Gasteiger partial charge in [-0.05, 0) is 48.7 Å². The third-order valence-electron chi connectivity index (χ3n) is 5.83. The van der Waals surface area contributed by atoms with E-state index in [-0.39, 0.29) is 40.1 Å². The Hall–Kier alpha value is -3.24. The molecule has 0 unspecified atom stereocenters. The molecule has 2 aliphatic rings. The molecule has 34 heavy (non-hydrogen) atoms. The lowest BCUT2D eigenvalue weighted by Gasteiger charge is -2.44. The standard InChI is InChI=1S/C22H17Cl2F2N5O3/c23-12-6-11(7-13(25)9-12)8-16-28-19(30-29-16)20(32)31-5-1-4-22(10-31)17-15(27-21(33)34-22)3-2-14(24)18(17)26/h2-3,6-7,9H,1,4-5,8,10H2,(H,27,33)(H,28,29,30)/t22-/m0/s1. The number of anilines is 1. The molecule has 0 saturated carbocycles. The van der Waals surface area contributed by atoms with E-state index in [2.05, 4.69) is 20.5 Å². The van der Waals surface area contributed by atoms with Crippen LogP contribution in [0.5, 0.6) is 0 Å². The minimum absolute atomic E-state index is 0.0904. The second-order valence-electron chi connectivity index (χ2n) is 8.18. The maximum atomic E-state index is 15.0. The molecular formula is C22H17Cl2F2N5O3. The maximum Gasteiger partial charge on any atom is 0.412 e. The number of rotatable bonds is 3. The summed E-state index contributed by atoms with van der Waals surface area (Å²) in [5.41, 5.74) is -0.474. The molecule has 3 heterocycles. The SMILES string of the molecule is O=C1Nc2ccc(Cl)c(F)c2[C@@]2(CCCN(C(=O)c3n[nH]c(Cc4cc(F)cc(Cl)c4)n3)C2)O1. The van der Waals surface area contributed by atoms with Gasteiger partial charge < -0.3 is 9.64 Å². The second kappa shape index (κ2) is 8.52. The number of H-pyrrole nitrogens is 1. The number of hydrogen-bond donors (Lipinski definition) is 2. The van der Waals surface area contributed by atoms with Gasteiger partial charge in [0.05, 0.1) is 22.8 Å². The molecule has 0 radical (unpaired) electrons. The molecule has 3 aromatic rings. The first-order valence-electron chi connectivity index (χ1n) is 10.4. The second-order valence-corrected chi connectivity index (χ2v) is 9.03. The van der Waals surface area contributed by atoms with Crippen LogP contribution in [0.4, 0.5) is 19.3 Å². The number of ether oxygens (including phenoxy) is 1. The molecule has 5 rings (SSSR count). The van der Waals surface area contributed by atoms with Gasteiger partial charge in [0.25, 0.3) is 5.91 Å². The molecule has 2 amide bonds. The van der Waals surface area contributed by atoms with Crippen molar-refractivity contribution in [3.63, 3.8) is 0 Å². The van der Waals surface area contributed by atoms with E-state index >= 15 is 4.39 Å². The third kappa shape index (κ3) is 4.07. The van der Waals surface area contributed by atoms with Crippen molar-refractivity contribution in [2.45, 2.75) is 24.9 Å². The van der Waals surface area contributed by atoms with Crippen LogP contribution >= 0.6 is 23.2 Å². The van der Waals surface area contributed by atoms with Crippen LogP contribution in [0.1, 0.15) is 40.4 Å². The minimum Gasteiger partial charge on any atom is -0.436 e. The van der Waals surface area contributed by atoms with Crippen LogP contribution in [0.3, 0.4) is 0 Å². The lowest BCUT2D eigenvalue weighted by atomic mass is 9.83. The Morgan fingerprint density at radius 2 is 2.06 bits per heavy atom. The van der Waals surface area contributed by atoms with Crippen molar-refractivity contribution in [2.75, 3.05) is 18.4 Å². The fourth-order valence-electron chi connectivity index (χ4n) is 4.46. The van der Waals surface area contributed by atoms with Gasteiger partial charge in [-0.25, -0.2) is 18.6 Å². The van der Waals surface area contributed by atoms with E-state index in [1.165, 1.54) is 29.2 Å². The van der Waals surface area contributed by atoms with Gasteiger partial charge in [-0.1, -0.05) is 23.2 Å². The van der Waals surface area contributed by atoms with E-state index < -0.39 is 29.2 Å². The quantitative estimate of drug-likeness (QED) is 0.536. The van der Waals surface area contributed by atoms with Gasteiger partial charge in [-0.15, -0.1) is 5.10 Å². The molecule has 1 atom stereocenters. The lowest BCUT2D eigenvalue weighted by Crippen LogP contribution is -2.53. The average molecular weight is 508 g/mol. The highest BCUT2D eigenvalue weighted by Gasteiger charge is 2.49. The van der Waals surface area contributed by atoms with Crippen LogP contribution in [-0.4, -0.2) is 45.2 Å². The first-order chi connectivity index (χ1) is 16.2. The molecule has 2 aromatic carbocycles. The highest BCUT2D eigenvalue weighted by molar-refractivity contribution is 6.31. The number of fused-ring (bicyclic) bond motifs is 2. The first-order valence-corrected chi connectivity index (χ1v) is 11.1. The Balaban J connectivity index is 1.40. The zero-order valence-electron chi connectivity index (χ0n) is 17.5. The van der Waals surface area contributed by atoms with Crippen molar-refractivity contribution in [1.82, 2.24) is 20.1 Å². The smallest absolute Gasteiger partial charge is 0.412 e. The van der Waals surface area contributed by atoms with Crippen molar-refractivity contribution < 1.29 is 23.1 Å². The number of nitrogens with zero attached hydrogens (tertiary/aromatic N) is 3. The number of carbonyl (C=O) groups excluding carboxylic acids is 2. The molecule has 1 aromatic heterocycles. The summed E-state index contributed by atoms with van der Waals surface area (Å²) in [4.78, 5) is 31.0. The van der Waals surface area contributed by atoms with Crippen LogP contribution in [0.2, 0.25) is 10.0 Å². The monoisotopic (exact) mass is 507 g/mol. The van der Waals surface area contributed by atoms with Crippen LogP contribution in [0.25, 0.3) is 0 Å². The molecule has 1 fully saturated rings. The molecule has 0 bridgehead atoms. The van der Waals surface area contributed by atoms with Crippen molar-refractivity contribution in [1.29, 1.82) is 0 Å². The topological polar surface area (TPSA) is 100 Å². The molecule has 1 saturated heterocycles. The number of nitrogens with one attached hydrogen (secondary N) is 2. The predicted molar refractivity (Wildman–Crippen MR) is 119 cm³/mol. The van der Waals surface area contributed by atoms with Crippen LogP contribution in [0.15, 0.2) is 30.3 Å². The van der Waals surface area contributed by atoms with Crippen molar-refractivity contribution in [2.24, 2.45) is 0 Å². The number of aromatic nitrogens is 3. The normalized spacial score (nSPS) is 19.5. The molecule has 12 heteroatoms. The molecular weight excluding hydrogens is 491 g/mol. The van der Waals surface area contributed by atoms with Crippen molar-refractivity contribution in [3.05, 3.63) is 74.8 Å². The van der Waals surface area contributed by atoms with Gasteiger partial charge in [-0.2, -0.15) is 0 Å². The number of amides is 2. The van der Waals surface area contributed by atoms with Gasteiger partial charge in [0.15, 0.2) is 11.4 Å². The first kappa shape index (κ1) is 22.5. The lowest BCUT2D eigenvalue weighted by molar-refractivity contribution is -0.0420. The van der Waals surface area contributed by atoms with Crippen LogP contribution in [-0.2, 0) is 16.8 Å². The molecule has 1 spiro atoms. The minimum atomic E-state index is -1.39. The Kier molecular flexibility index (Phi) is 5.65. The maximum absolute atomic E-state index is 15.0. The van der Waals surface area contributed by atoms with E-state index in [1.807, 2.05) is 0 Å². The number of likely N-dealkylation sites (tertiary alicyclic amines) is 1. The summed E-state index contributed by atoms with van der Waals surface area (Å²) >= 11 is 11.9. The Morgan fingerprint density at radius 3 is 2.85 bits per heavy atom. The Morgan fingerprint density at radius 1 is 1.24 bits per heavy atom. The van der Waals surface area contributed by atoms with Crippen molar-refractivity contribution in [3.8, 4) is 0 Å². The number of piperidine rings is 1. The van der Waals surface area contributed by atoms with Gasteiger partial charge in [-0.3, -0.25) is 15.2 Å². The highest BCUT2D eigenvalue weighted by Crippen LogP contribution is 2.45. The summed E-state index contributed by atoms with van der Waals surface area (Å²) in [6.45, 7) is 0.249. The van der Waals surface area contributed by atoms with Gasteiger partial charge >= 0.3 is 6.09 Å². The van der Waals surface area contributed by atoms with E-state index in [0.717, 1.165) is 0 Å². The van der Waals surface area contributed by atoms with Crippen LogP contribution in [0, 0.1) is 11.6 Å². The third-order valence-corrected chi connectivity index (χ3v) is 6.34. The summed E-state index contributed by atoms with van der Waals surface area (Å²) in [5, 5.41) is 9.28. The van der Waals surface area contributed by atoms with Gasteiger partial charge in [0, 0.05) is 18.0 Å². The zero-order valence-corrected chi connectivity index (χ0v) is 19.0. The van der Waals surface area contributed by atoms with Gasteiger partial charge in [0.2, 0.25) is 5.82 Å². The predicted octanol–water partition coefficient (Wildman–Crippen LogP) is 4.67. The largest absolute Gasteiger partial charge is 0.436 e. The fourth-order valence-corrected chi connectivity index (χ4v) is 4.87. The average Bonchev–Trinajstić information content (AvgIpc) is 3.23. The Labute approximate surface area is 202 Å². The molecule has 8 nitrogen and oxygen atoms in total. The van der Waals surface area contributed by atoms with E-state index in [0.29, 0.717) is 30.8 Å². The van der Waals surface area contributed by atoms with E-state index in [4.69, 9.17) is 27.9 Å². The summed E-state index contributed by atoms with van der Waals surface area (Å²) in [6, 6.07) is 6.94. The number of aromatic amines is 1. The van der Waals surface area contributed by atoms with Crippen molar-refractivity contribution >= 4 is 40.9 Å². The number of halogens is 4. The molecule has 176 valence electrons. The molecule has 2 aliphatic heterocycles. The zero-order chi connectivity index (χ0) is 24.0. The molecule has 0 aliphatic carbocycles. The van der Waals surface area contributed by atoms with Crippen LogP contribution < -0.4 is 5.32 Å². The number of hydrogen-bond acceptors (Lipinski definition) is 5. The fraction of sp³-hybridized carbons (Fsp3) is 0.273.